The number of carbonyl (C=O) groups excluding carboxylic acids is 2. The van der Waals surface area contributed by atoms with Crippen LogP contribution in [0.4, 0.5) is 18.0 Å². The molecule has 0 bridgehead atoms. The molecular weight excluding hydrogens is 363 g/mol. The van der Waals surface area contributed by atoms with Crippen molar-refractivity contribution in [2.45, 2.75) is 19.6 Å². The second kappa shape index (κ2) is 6.99. The molecule has 0 radical (unpaired) electrons. The molecule has 3 rings (SSSR count). The molecule has 2 aromatic rings. The molecule has 1 heterocycles. The monoisotopic (exact) mass is 377 g/mol. The highest BCUT2D eigenvalue weighted by molar-refractivity contribution is 8.18. The number of benzene rings is 2. The van der Waals surface area contributed by atoms with Crippen molar-refractivity contribution in [2.24, 2.45) is 0 Å². The van der Waals surface area contributed by atoms with Crippen LogP contribution in [0.5, 0.6) is 0 Å². The molecule has 0 N–H and O–H groups in total. The Morgan fingerprint density at radius 1 is 1.04 bits per heavy atom. The van der Waals surface area contributed by atoms with Gasteiger partial charge in [-0.3, -0.25) is 14.5 Å². The minimum Gasteiger partial charge on any atom is -0.268 e. The number of amides is 2. The number of nitrogens with zero attached hydrogens (tertiary/aromatic N) is 1. The first kappa shape index (κ1) is 18.3. The van der Waals surface area contributed by atoms with E-state index in [1.165, 1.54) is 18.2 Å². The van der Waals surface area contributed by atoms with Crippen LogP contribution < -0.4 is 0 Å². The minimum absolute atomic E-state index is 0.0150. The number of rotatable bonds is 3. The summed E-state index contributed by atoms with van der Waals surface area (Å²) in [5.74, 6) is -0.586. The van der Waals surface area contributed by atoms with Crippen LogP contribution >= 0.6 is 11.8 Å². The lowest BCUT2D eigenvalue weighted by molar-refractivity contribution is -0.137. The van der Waals surface area contributed by atoms with Gasteiger partial charge in [0.1, 0.15) is 0 Å². The highest BCUT2D eigenvalue weighted by Crippen LogP contribution is 2.37. The highest BCUT2D eigenvalue weighted by Gasteiger charge is 2.37. The summed E-state index contributed by atoms with van der Waals surface area (Å²) in [4.78, 5) is 25.7. The topological polar surface area (TPSA) is 37.4 Å². The molecule has 0 aliphatic carbocycles. The van der Waals surface area contributed by atoms with Gasteiger partial charge >= 0.3 is 6.18 Å². The maximum absolute atomic E-state index is 13.1. The Morgan fingerprint density at radius 2 is 1.69 bits per heavy atom. The molecular formula is C19H14F3NO2S. The molecule has 134 valence electrons. The van der Waals surface area contributed by atoms with Crippen LogP contribution in [0.2, 0.25) is 0 Å². The zero-order valence-corrected chi connectivity index (χ0v) is 14.5. The largest absolute Gasteiger partial charge is 0.416 e. The normalized spacial score (nSPS) is 16.6. The fourth-order valence-electron chi connectivity index (χ4n) is 2.53. The first-order chi connectivity index (χ1) is 12.3. The number of alkyl halides is 3. The third-order valence-electron chi connectivity index (χ3n) is 3.89. The van der Waals surface area contributed by atoms with Gasteiger partial charge in [-0.25, -0.2) is 0 Å². The maximum atomic E-state index is 13.1. The van der Waals surface area contributed by atoms with Gasteiger partial charge in [-0.15, -0.1) is 0 Å². The van der Waals surface area contributed by atoms with Gasteiger partial charge in [0.2, 0.25) is 0 Å². The number of halogens is 3. The molecule has 26 heavy (non-hydrogen) atoms. The molecule has 0 atom stereocenters. The predicted molar refractivity (Wildman–Crippen MR) is 94.1 cm³/mol. The lowest BCUT2D eigenvalue weighted by Crippen LogP contribution is -2.27. The average molecular weight is 377 g/mol. The van der Waals surface area contributed by atoms with Crippen molar-refractivity contribution in [3.63, 3.8) is 0 Å². The van der Waals surface area contributed by atoms with E-state index in [1.54, 1.807) is 12.1 Å². The number of hydrogen-bond acceptors (Lipinski definition) is 3. The quantitative estimate of drug-likeness (QED) is 0.686. The van der Waals surface area contributed by atoms with Crippen LogP contribution in [0.3, 0.4) is 0 Å². The van der Waals surface area contributed by atoms with E-state index in [9.17, 15) is 22.8 Å². The zero-order valence-electron chi connectivity index (χ0n) is 13.7. The smallest absolute Gasteiger partial charge is 0.268 e. The molecule has 0 spiro atoms. The summed E-state index contributed by atoms with van der Waals surface area (Å²) in [6.45, 7) is 2.01. The molecule has 1 aliphatic rings. The van der Waals surface area contributed by atoms with E-state index in [2.05, 4.69) is 0 Å². The van der Waals surface area contributed by atoms with Gasteiger partial charge in [0.05, 0.1) is 17.0 Å². The lowest BCUT2D eigenvalue weighted by atomic mass is 10.1. The summed E-state index contributed by atoms with van der Waals surface area (Å²) in [6, 6.07) is 12.3. The van der Waals surface area contributed by atoms with Crippen molar-refractivity contribution in [1.82, 2.24) is 4.90 Å². The van der Waals surface area contributed by atoms with E-state index in [4.69, 9.17) is 0 Å². The summed E-state index contributed by atoms with van der Waals surface area (Å²) in [5.41, 5.74) is 0.840. The molecule has 0 saturated carbocycles. The van der Waals surface area contributed by atoms with Crippen molar-refractivity contribution < 1.29 is 22.8 Å². The third-order valence-corrected chi connectivity index (χ3v) is 4.80. The zero-order chi connectivity index (χ0) is 18.9. The number of aryl methyl sites for hydroxylation is 1. The van der Waals surface area contributed by atoms with E-state index >= 15 is 0 Å². The van der Waals surface area contributed by atoms with E-state index in [0.717, 1.165) is 28.2 Å². The standard InChI is InChI=1S/C19H14F3NO2S/c1-12-6-8-13(9-7-12)11-23-17(24)16(26-18(23)25)10-14-4-2-3-5-15(14)19(20,21)22/h2-10H,11H2,1H3/b16-10-. The van der Waals surface area contributed by atoms with E-state index in [0.29, 0.717) is 11.8 Å². The van der Waals surface area contributed by atoms with Crippen molar-refractivity contribution in [2.75, 3.05) is 0 Å². The van der Waals surface area contributed by atoms with Gasteiger partial charge in [-0.05, 0) is 42.0 Å². The summed E-state index contributed by atoms with van der Waals surface area (Å²) >= 11 is 0.650. The molecule has 7 heteroatoms. The number of hydrogen-bond donors (Lipinski definition) is 0. The molecule has 1 aliphatic heterocycles. The number of imide groups is 1. The minimum atomic E-state index is -4.54. The van der Waals surface area contributed by atoms with Gasteiger partial charge in [0, 0.05) is 0 Å². The Balaban J connectivity index is 1.87. The molecule has 0 unspecified atom stereocenters. The van der Waals surface area contributed by atoms with Gasteiger partial charge in [-0.2, -0.15) is 13.2 Å². The van der Waals surface area contributed by atoms with Crippen LogP contribution in [-0.2, 0) is 17.5 Å². The molecule has 2 amide bonds. The average Bonchev–Trinajstić information content (AvgIpc) is 2.84. The van der Waals surface area contributed by atoms with Crippen molar-refractivity contribution >= 4 is 29.0 Å². The van der Waals surface area contributed by atoms with Crippen LogP contribution in [0, 0.1) is 6.92 Å². The summed E-state index contributed by atoms with van der Waals surface area (Å²) in [6.07, 6.45) is -3.41. The van der Waals surface area contributed by atoms with E-state index < -0.39 is 22.9 Å². The van der Waals surface area contributed by atoms with Gasteiger partial charge in [-0.1, -0.05) is 48.0 Å². The first-order valence-corrected chi connectivity index (χ1v) is 8.54. The second-order valence-electron chi connectivity index (χ2n) is 5.84. The van der Waals surface area contributed by atoms with Crippen molar-refractivity contribution in [3.05, 3.63) is 75.7 Å². The molecule has 3 nitrogen and oxygen atoms in total. The maximum Gasteiger partial charge on any atom is 0.416 e. The van der Waals surface area contributed by atoms with Crippen LogP contribution in [0.15, 0.2) is 53.4 Å². The van der Waals surface area contributed by atoms with Crippen molar-refractivity contribution in [3.8, 4) is 0 Å². The molecule has 0 aromatic heterocycles. The molecule has 2 aromatic carbocycles. The van der Waals surface area contributed by atoms with Gasteiger partial charge in [0.25, 0.3) is 11.1 Å². The molecule has 1 fully saturated rings. The predicted octanol–water partition coefficient (Wildman–Crippen LogP) is 5.25. The number of thioether (sulfide) groups is 1. The van der Waals surface area contributed by atoms with E-state index in [1.807, 2.05) is 19.1 Å². The Hall–Kier alpha value is -2.54. The van der Waals surface area contributed by atoms with Crippen LogP contribution in [0.25, 0.3) is 6.08 Å². The van der Waals surface area contributed by atoms with Crippen molar-refractivity contribution in [1.29, 1.82) is 0 Å². The summed E-state index contributed by atoms with van der Waals surface area (Å²) in [7, 11) is 0. The Labute approximate surface area is 152 Å². The first-order valence-electron chi connectivity index (χ1n) is 7.73. The SMILES string of the molecule is Cc1ccc(CN2C(=O)S/C(=C\c3ccccc3C(F)(F)F)C2=O)cc1. The second-order valence-corrected chi connectivity index (χ2v) is 6.83. The Bertz CT molecular complexity index is 888. The van der Waals surface area contributed by atoms with E-state index in [-0.39, 0.29) is 17.0 Å². The lowest BCUT2D eigenvalue weighted by Gasteiger charge is -2.13. The summed E-state index contributed by atoms with van der Waals surface area (Å²) < 4.78 is 39.3. The molecule has 1 saturated heterocycles. The van der Waals surface area contributed by atoms with Crippen LogP contribution in [-0.4, -0.2) is 16.0 Å². The van der Waals surface area contributed by atoms with Gasteiger partial charge in [0.15, 0.2) is 0 Å². The Morgan fingerprint density at radius 3 is 2.35 bits per heavy atom. The fourth-order valence-corrected chi connectivity index (χ4v) is 3.36. The summed E-state index contributed by atoms with van der Waals surface area (Å²) in [5, 5.41) is -0.494. The van der Waals surface area contributed by atoms with Crippen LogP contribution in [0.1, 0.15) is 22.3 Å². The number of carbonyl (C=O) groups is 2. The highest BCUT2D eigenvalue weighted by atomic mass is 32.2. The van der Waals surface area contributed by atoms with Gasteiger partial charge < -0.3 is 0 Å². The Kier molecular flexibility index (Phi) is 4.91. The third kappa shape index (κ3) is 3.83. The fraction of sp³-hybridized carbons (Fsp3) is 0.158.